The van der Waals surface area contributed by atoms with E-state index in [1.165, 1.54) is 5.56 Å². The summed E-state index contributed by atoms with van der Waals surface area (Å²) in [5, 5.41) is 4.81. The number of hydrogen-bond acceptors (Lipinski definition) is 5. The topological polar surface area (TPSA) is 48.1 Å². The first kappa shape index (κ1) is 19.4. The number of hydrogen-bond donors (Lipinski definition) is 0. The Morgan fingerprint density at radius 1 is 1.11 bits per heavy atom. The predicted molar refractivity (Wildman–Crippen MR) is 109 cm³/mol. The maximum Gasteiger partial charge on any atom is 0.199 e. The van der Waals surface area contributed by atoms with Crippen LogP contribution < -0.4 is 0 Å². The summed E-state index contributed by atoms with van der Waals surface area (Å²) < 4.78 is 9.88. The van der Waals surface area contributed by atoms with Crippen LogP contribution in [0.3, 0.4) is 0 Å². The summed E-state index contributed by atoms with van der Waals surface area (Å²) >= 11 is 5.72. The van der Waals surface area contributed by atoms with Crippen molar-refractivity contribution in [2.45, 2.75) is 26.7 Å². The van der Waals surface area contributed by atoms with E-state index in [9.17, 15) is 0 Å². The molecule has 0 amide bonds. The number of methoxy groups -OCH3 is 1. The molecule has 0 aliphatic carbocycles. The molecule has 3 aromatic rings. The molecule has 0 fully saturated rings. The third kappa shape index (κ3) is 4.88. The van der Waals surface area contributed by atoms with Crippen molar-refractivity contribution in [1.29, 1.82) is 0 Å². The van der Waals surface area contributed by atoms with Crippen LogP contribution in [0, 0.1) is 4.77 Å². The summed E-state index contributed by atoms with van der Waals surface area (Å²) in [5.41, 5.74) is 2.27. The molecule has 0 saturated heterocycles. The van der Waals surface area contributed by atoms with Gasteiger partial charge < -0.3 is 4.74 Å². The molecule has 7 heteroatoms. The third-order valence-corrected chi connectivity index (χ3v) is 4.84. The smallest absolute Gasteiger partial charge is 0.199 e. The van der Waals surface area contributed by atoms with Gasteiger partial charge in [0.1, 0.15) is 0 Å². The fraction of sp³-hybridized carbons (Fsp3) is 0.350. The Kier molecular flexibility index (Phi) is 6.86. The van der Waals surface area contributed by atoms with Gasteiger partial charge in [-0.2, -0.15) is 5.10 Å². The van der Waals surface area contributed by atoms with E-state index >= 15 is 0 Å². The lowest BCUT2D eigenvalue weighted by Crippen LogP contribution is -2.26. The van der Waals surface area contributed by atoms with Gasteiger partial charge in [-0.05, 0) is 36.5 Å². The lowest BCUT2D eigenvalue weighted by Gasteiger charge is -2.20. The minimum absolute atomic E-state index is 0.583. The van der Waals surface area contributed by atoms with Gasteiger partial charge in [0.15, 0.2) is 10.6 Å². The molecule has 3 rings (SSSR count). The van der Waals surface area contributed by atoms with Crippen LogP contribution in [0.4, 0.5) is 0 Å². The van der Waals surface area contributed by atoms with Crippen LogP contribution in [0.25, 0.3) is 11.4 Å². The molecule has 0 radical (unpaired) electrons. The van der Waals surface area contributed by atoms with Gasteiger partial charge in [-0.3, -0.25) is 14.5 Å². The fourth-order valence-electron chi connectivity index (χ4n) is 2.92. The van der Waals surface area contributed by atoms with Gasteiger partial charge in [0, 0.05) is 31.6 Å². The highest BCUT2D eigenvalue weighted by Crippen LogP contribution is 2.18. The average Bonchev–Trinajstić information content (AvgIpc) is 3.02. The van der Waals surface area contributed by atoms with Crippen LogP contribution in [0.1, 0.15) is 12.5 Å². The Balaban J connectivity index is 1.88. The maximum atomic E-state index is 5.72. The van der Waals surface area contributed by atoms with Crippen molar-refractivity contribution in [2.75, 3.05) is 20.3 Å². The van der Waals surface area contributed by atoms with Crippen molar-refractivity contribution < 1.29 is 4.74 Å². The van der Waals surface area contributed by atoms with Crippen molar-refractivity contribution in [2.24, 2.45) is 0 Å². The van der Waals surface area contributed by atoms with Crippen LogP contribution in [0.5, 0.6) is 0 Å². The fourth-order valence-corrected chi connectivity index (χ4v) is 3.20. The third-order valence-electron chi connectivity index (χ3n) is 4.41. The first-order chi connectivity index (χ1) is 13.2. The largest absolute Gasteiger partial charge is 0.383 e. The Morgan fingerprint density at radius 3 is 2.52 bits per heavy atom. The zero-order valence-electron chi connectivity index (χ0n) is 15.8. The van der Waals surface area contributed by atoms with Gasteiger partial charge >= 0.3 is 0 Å². The first-order valence-electron chi connectivity index (χ1n) is 9.06. The highest BCUT2D eigenvalue weighted by molar-refractivity contribution is 7.71. The van der Waals surface area contributed by atoms with Crippen LogP contribution in [0.15, 0.2) is 54.9 Å². The van der Waals surface area contributed by atoms with Crippen LogP contribution in [-0.2, 0) is 24.5 Å². The summed E-state index contributed by atoms with van der Waals surface area (Å²) in [4.78, 5) is 6.41. The molecule has 0 spiro atoms. The maximum absolute atomic E-state index is 5.72. The molecule has 142 valence electrons. The lowest BCUT2D eigenvalue weighted by molar-refractivity contribution is 0.185. The van der Waals surface area contributed by atoms with Crippen LogP contribution in [-0.4, -0.2) is 44.5 Å². The molecule has 0 unspecified atom stereocenters. The number of nitrogens with zero attached hydrogens (tertiary/aromatic N) is 5. The molecule has 2 heterocycles. The van der Waals surface area contributed by atoms with Crippen molar-refractivity contribution in [3.8, 4) is 11.4 Å². The van der Waals surface area contributed by atoms with Crippen molar-refractivity contribution in [3.05, 3.63) is 65.2 Å². The van der Waals surface area contributed by atoms with Crippen molar-refractivity contribution >= 4 is 12.2 Å². The summed E-state index contributed by atoms with van der Waals surface area (Å²) in [6.07, 6.45) is 3.54. The molecule has 0 saturated carbocycles. The van der Waals surface area contributed by atoms with Gasteiger partial charge in [0.2, 0.25) is 0 Å². The summed E-state index contributed by atoms with van der Waals surface area (Å²) in [6.45, 7) is 5.80. The SMILES string of the molecule is CCN(Cc1ccccc1)Cn1nc(-c2ccncc2)n(CCOC)c1=S. The van der Waals surface area contributed by atoms with E-state index in [1.807, 2.05) is 27.4 Å². The number of ether oxygens (including phenoxy) is 1. The quantitative estimate of drug-likeness (QED) is 0.529. The first-order valence-corrected chi connectivity index (χ1v) is 9.47. The van der Waals surface area contributed by atoms with Gasteiger partial charge in [0.25, 0.3) is 0 Å². The second kappa shape index (κ2) is 9.55. The Hall–Kier alpha value is -2.35. The molecule has 0 bridgehead atoms. The normalized spacial score (nSPS) is 11.2. The van der Waals surface area contributed by atoms with E-state index in [1.54, 1.807) is 19.5 Å². The summed E-state index contributed by atoms with van der Waals surface area (Å²) in [7, 11) is 1.69. The molecule has 0 atom stereocenters. The van der Waals surface area contributed by atoms with Gasteiger partial charge in [0.05, 0.1) is 19.8 Å². The van der Waals surface area contributed by atoms with E-state index < -0.39 is 0 Å². The van der Waals surface area contributed by atoms with Gasteiger partial charge in [-0.1, -0.05) is 37.3 Å². The summed E-state index contributed by atoms with van der Waals surface area (Å²) in [5.74, 6) is 0.843. The van der Waals surface area contributed by atoms with Crippen LogP contribution >= 0.6 is 12.2 Å². The molecule has 0 aliphatic heterocycles. The van der Waals surface area contributed by atoms with E-state index in [0.29, 0.717) is 24.6 Å². The number of rotatable bonds is 9. The molecular formula is C20H25N5OS. The molecule has 2 aromatic heterocycles. The molecule has 27 heavy (non-hydrogen) atoms. The number of benzene rings is 1. The molecule has 1 aromatic carbocycles. The standard InChI is InChI=1S/C20H25N5OS/c1-3-23(15-17-7-5-4-6-8-17)16-25-20(27)24(13-14-26-2)19(22-25)18-9-11-21-12-10-18/h4-12H,3,13-16H2,1-2H3. The molecule has 0 N–H and O–H groups in total. The molecular weight excluding hydrogens is 358 g/mol. The van der Waals surface area contributed by atoms with E-state index in [-0.39, 0.29) is 0 Å². The minimum Gasteiger partial charge on any atom is -0.383 e. The lowest BCUT2D eigenvalue weighted by atomic mass is 10.2. The Morgan fingerprint density at radius 2 is 1.85 bits per heavy atom. The summed E-state index contributed by atoms with van der Waals surface area (Å²) in [6, 6.07) is 14.3. The van der Waals surface area contributed by atoms with Crippen LogP contribution in [0.2, 0.25) is 0 Å². The predicted octanol–water partition coefficient (Wildman–Crippen LogP) is 3.60. The monoisotopic (exact) mass is 383 g/mol. The van der Waals surface area contributed by atoms with E-state index in [0.717, 1.165) is 24.5 Å². The minimum atomic E-state index is 0.583. The van der Waals surface area contributed by atoms with Gasteiger partial charge in [-0.15, -0.1) is 0 Å². The van der Waals surface area contributed by atoms with E-state index in [2.05, 4.69) is 41.1 Å². The molecule has 0 aliphatic rings. The van der Waals surface area contributed by atoms with Crippen molar-refractivity contribution in [1.82, 2.24) is 24.2 Å². The van der Waals surface area contributed by atoms with E-state index in [4.69, 9.17) is 22.1 Å². The Labute approximate surface area is 165 Å². The van der Waals surface area contributed by atoms with Crippen molar-refractivity contribution in [3.63, 3.8) is 0 Å². The second-order valence-corrected chi connectivity index (χ2v) is 6.62. The average molecular weight is 384 g/mol. The highest BCUT2D eigenvalue weighted by Gasteiger charge is 2.14. The number of aromatic nitrogens is 4. The molecule has 6 nitrogen and oxygen atoms in total. The highest BCUT2D eigenvalue weighted by atomic mass is 32.1. The second-order valence-electron chi connectivity index (χ2n) is 6.26. The zero-order valence-corrected chi connectivity index (χ0v) is 16.6. The Bertz CT molecular complexity index is 892. The number of pyridine rings is 1. The van der Waals surface area contributed by atoms with Gasteiger partial charge in [-0.25, -0.2) is 4.68 Å². The zero-order chi connectivity index (χ0) is 19.1.